The van der Waals surface area contributed by atoms with Crippen LogP contribution in [0.4, 0.5) is 0 Å². The number of benzene rings is 1. The number of hydrogen-bond donors (Lipinski definition) is 1. The molecule has 3 nitrogen and oxygen atoms in total. The molecule has 0 aliphatic rings. The summed E-state index contributed by atoms with van der Waals surface area (Å²) in [5.74, 6) is 0. The number of rotatable bonds is 5. The first-order chi connectivity index (χ1) is 7.86. The van der Waals surface area contributed by atoms with E-state index in [1.165, 1.54) is 18.2 Å². The summed E-state index contributed by atoms with van der Waals surface area (Å²) in [5, 5.41) is 1.29. The fourth-order valence-corrected chi connectivity index (χ4v) is 3.55. The molecule has 96 valence electrons. The Morgan fingerprint density at radius 3 is 2.53 bits per heavy atom. The second-order valence-corrected chi connectivity index (χ2v) is 6.90. The Balaban J connectivity index is 2.93. The van der Waals surface area contributed by atoms with E-state index in [2.05, 4.69) is 20.7 Å². The Morgan fingerprint density at radius 2 is 2.00 bits per heavy atom. The normalized spacial score (nSPS) is 13.6. The molecule has 0 aromatic heterocycles. The minimum atomic E-state index is -3.53. The van der Waals surface area contributed by atoms with Crippen molar-refractivity contribution in [1.82, 2.24) is 4.72 Å². The molecule has 1 unspecified atom stereocenters. The predicted molar refractivity (Wildman–Crippen MR) is 74.7 cm³/mol. The van der Waals surface area contributed by atoms with Crippen molar-refractivity contribution in [3.05, 3.63) is 28.2 Å². The summed E-state index contributed by atoms with van der Waals surface area (Å²) >= 11 is 14.8. The van der Waals surface area contributed by atoms with E-state index < -0.39 is 10.0 Å². The molecule has 0 amide bonds. The lowest BCUT2D eigenvalue weighted by Gasteiger charge is -2.13. The third kappa shape index (κ3) is 4.41. The minimum Gasteiger partial charge on any atom is -0.208 e. The van der Waals surface area contributed by atoms with Gasteiger partial charge in [0, 0.05) is 11.4 Å². The van der Waals surface area contributed by atoms with Crippen LogP contribution in [0.3, 0.4) is 0 Å². The number of halogens is 3. The van der Waals surface area contributed by atoms with E-state index in [1.54, 1.807) is 6.92 Å². The zero-order chi connectivity index (χ0) is 13.1. The van der Waals surface area contributed by atoms with Gasteiger partial charge >= 0.3 is 0 Å². The van der Waals surface area contributed by atoms with Gasteiger partial charge < -0.3 is 0 Å². The average Bonchev–Trinajstić information content (AvgIpc) is 2.21. The molecular formula is C10H12BrCl2NO2S. The third-order valence-electron chi connectivity index (χ3n) is 2.10. The van der Waals surface area contributed by atoms with Crippen LogP contribution < -0.4 is 4.72 Å². The molecule has 0 saturated carbocycles. The van der Waals surface area contributed by atoms with E-state index in [4.69, 9.17) is 23.2 Å². The van der Waals surface area contributed by atoms with Crippen molar-refractivity contribution in [1.29, 1.82) is 0 Å². The summed E-state index contributed by atoms with van der Waals surface area (Å²) < 4.78 is 26.5. The molecule has 1 rings (SSSR count). The second-order valence-electron chi connectivity index (χ2n) is 3.58. The topological polar surface area (TPSA) is 46.2 Å². The Hall–Kier alpha value is 0.190. The Labute approximate surface area is 120 Å². The SMILES string of the molecule is CC(CCBr)NS(=O)(=O)c1ccc(Cl)c(Cl)c1. The maximum atomic E-state index is 12.0. The van der Waals surface area contributed by atoms with Crippen molar-refractivity contribution in [2.75, 3.05) is 5.33 Å². The molecule has 0 radical (unpaired) electrons. The van der Waals surface area contributed by atoms with Crippen molar-refractivity contribution in [3.8, 4) is 0 Å². The highest BCUT2D eigenvalue weighted by Crippen LogP contribution is 2.24. The van der Waals surface area contributed by atoms with E-state index in [0.717, 1.165) is 5.33 Å². The van der Waals surface area contributed by atoms with Gasteiger partial charge in [0.15, 0.2) is 0 Å². The van der Waals surface area contributed by atoms with Gasteiger partial charge in [0.1, 0.15) is 0 Å². The zero-order valence-electron chi connectivity index (χ0n) is 9.08. The fourth-order valence-electron chi connectivity index (χ4n) is 1.20. The highest BCUT2D eigenvalue weighted by atomic mass is 79.9. The van der Waals surface area contributed by atoms with Gasteiger partial charge in [0.2, 0.25) is 10.0 Å². The van der Waals surface area contributed by atoms with Gasteiger partial charge in [-0.15, -0.1) is 0 Å². The maximum absolute atomic E-state index is 12.0. The molecule has 0 heterocycles. The van der Waals surface area contributed by atoms with Gasteiger partial charge in [-0.1, -0.05) is 39.1 Å². The molecule has 1 aromatic carbocycles. The summed E-state index contributed by atoms with van der Waals surface area (Å²) in [6.45, 7) is 1.80. The molecule has 1 atom stereocenters. The first-order valence-electron chi connectivity index (χ1n) is 4.90. The Kier molecular flexibility index (Phi) is 5.73. The first kappa shape index (κ1) is 15.2. The van der Waals surface area contributed by atoms with Gasteiger partial charge in [-0.2, -0.15) is 0 Å². The number of hydrogen-bond acceptors (Lipinski definition) is 2. The standard InChI is InChI=1S/C10H12BrCl2NO2S/c1-7(4-5-11)14-17(15,16)8-2-3-9(12)10(13)6-8/h2-3,6-7,14H,4-5H2,1H3. The predicted octanol–water partition coefficient (Wildman–Crippen LogP) is 3.45. The maximum Gasteiger partial charge on any atom is 0.240 e. The molecule has 0 spiro atoms. The van der Waals surface area contributed by atoms with Crippen LogP contribution >= 0.6 is 39.1 Å². The molecule has 1 N–H and O–H groups in total. The van der Waals surface area contributed by atoms with E-state index in [0.29, 0.717) is 11.4 Å². The van der Waals surface area contributed by atoms with Crippen LogP contribution in [0.5, 0.6) is 0 Å². The van der Waals surface area contributed by atoms with Gasteiger partial charge in [0.05, 0.1) is 14.9 Å². The smallest absolute Gasteiger partial charge is 0.208 e. The summed E-state index contributed by atoms with van der Waals surface area (Å²) in [4.78, 5) is 0.119. The first-order valence-corrected chi connectivity index (χ1v) is 8.26. The summed E-state index contributed by atoms with van der Waals surface area (Å²) in [6.07, 6.45) is 0.709. The molecule has 0 saturated heterocycles. The molecule has 0 fully saturated rings. The molecular weight excluding hydrogens is 349 g/mol. The lowest BCUT2D eigenvalue weighted by Crippen LogP contribution is -2.32. The van der Waals surface area contributed by atoms with Crippen LogP contribution in [0, 0.1) is 0 Å². The van der Waals surface area contributed by atoms with Crippen LogP contribution in [-0.2, 0) is 10.0 Å². The van der Waals surface area contributed by atoms with Gasteiger partial charge in [-0.25, -0.2) is 13.1 Å². The highest BCUT2D eigenvalue weighted by Gasteiger charge is 2.17. The van der Waals surface area contributed by atoms with Crippen LogP contribution in [0.15, 0.2) is 23.1 Å². The van der Waals surface area contributed by atoms with E-state index in [9.17, 15) is 8.42 Å². The lowest BCUT2D eigenvalue weighted by atomic mass is 10.3. The number of alkyl halides is 1. The molecule has 7 heteroatoms. The number of nitrogens with one attached hydrogen (secondary N) is 1. The molecule has 0 aliphatic heterocycles. The van der Waals surface area contributed by atoms with Crippen molar-refractivity contribution >= 4 is 49.2 Å². The summed E-state index contributed by atoms with van der Waals surface area (Å²) in [5.41, 5.74) is 0. The summed E-state index contributed by atoms with van der Waals surface area (Å²) in [7, 11) is -3.53. The fraction of sp³-hybridized carbons (Fsp3) is 0.400. The average molecular weight is 361 g/mol. The van der Waals surface area contributed by atoms with Crippen molar-refractivity contribution in [2.45, 2.75) is 24.3 Å². The number of sulfonamides is 1. The van der Waals surface area contributed by atoms with E-state index >= 15 is 0 Å². The van der Waals surface area contributed by atoms with Crippen LogP contribution in [0.25, 0.3) is 0 Å². The van der Waals surface area contributed by atoms with Crippen molar-refractivity contribution in [2.24, 2.45) is 0 Å². The van der Waals surface area contributed by atoms with Gasteiger partial charge in [0.25, 0.3) is 0 Å². The van der Waals surface area contributed by atoms with Crippen molar-refractivity contribution < 1.29 is 8.42 Å². The van der Waals surface area contributed by atoms with Gasteiger partial charge in [-0.3, -0.25) is 0 Å². The lowest BCUT2D eigenvalue weighted by molar-refractivity contribution is 0.557. The van der Waals surface area contributed by atoms with E-state index in [1.807, 2.05) is 0 Å². The van der Waals surface area contributed by atoms with Crippen LogP contribution in [0.1, 0.15) is 13.3 Å². The monoisotopic (exact) mass is 359 g/mol. The Bertz CT molecular complexity index is 493. The van der Waals surface area contributed by atoms with Gasteiger partial charge in [-0.05, 0) is 31.5 Å². The molecule has 0 bridgehead atoms. The van der Waals surface area contributed by atoms with E-state index in [-0.39, 0.29) is 16.0 Å². The quantitative estimate of drug-likeness (QED) is 0.817. The summed E-state index contributed by atoms with van der Waals surface area (Å²) in [6, 6.07) is 4.09. The zero-order valence-corrected chi connectivity index (χ0v) is 13.0. The highest BCUT2D eigenvalue weighted by molar-refractivity contribution is 9.09. The minimum absolute atomic E-state index is 0.119. The second kappa shape index (κ2) is 6.38. The van der Waals surface area contributed by atoms with Crippen LogP contribution in [-0.4, -0.2) is 19.8 Å². The Morgan fingerprint density at radius 1 is 1.35 bits per heavy atom. The molecule has 0 aliphatic carbocycles. The van der Waals surface area contributed by atoms with Crippen LogP contribution in [0.2, 0.25) is 10.0 Å². The molecule has 1 aromatic rings. The largest absolute Gasteiger partial charge is 0.240 e. The van der Waals surface area contributed by atoms with Crippen molar-refractivity contribution in [3.63, 3.8) is 0 Å². The molecule has 17 heavy (non-hydrogen) atoms. The third-order valence-corrected chi connectivity index (χ3v) is 4.88.